The Bertz CT molecular complexity index is 828. The average molecular weight is 349 g/mol. The molecule has 120 valence electrons. The van der Waals surface area contributed by atoms with E-state index in [9.17, 15) is 4.79 Å². The molecule has 0 atom stereocenters. The van der Waals surface area contributed by atoms with Crippen LogP contribution in [0.4, 0.5) is 4.79 Å². The van der Waals surface area contributed by atoms with Gasteiger partial charge in [-0.1, -0.05) is 11.8 Å². The fraction of sp³-hybridized carbons (Fsp3) is 0.267. The number of nitrogens with zero attached hydrogens (tertiary/aromatic N) is 3. The number of rotatable bonds is 5. The summed E-state index contributed by atoms with van der Waals surface area (Å²) in [5.74, 6) is 1.34. The molecule has 0 aliphatic rings. The number of hydrogen-bond acceptors (Lipinski definition) is 7. The predicted molar refractivity (Wildman–Crippen MR) is 90.4 cm³/mol. The van der Waals surface area contributed by atoms with Gasteiger partial charge in [-0.3, -0.25) is 4.98 Å². The molecule has 0 saturated carbocycles. The average Bonchev–Trinajstić information content (AvgIpc) is 3.13. The minimum atomic E-state index is -0.408. The molecule has 0 aliphatic heterocycles. The summed E-state index contributed by atoms with van der Waals surface area (Å²) in [4.78, 5) is 21.0. The van der Waals surface area contributed by atoms with Crippen LogP contribution in [0, 0.1) is 0 Å². The molecule has 3 aromatic heterocycles. The molecule has 0 unspecified atom stereocenters. The molecule has 0 N–H and O–H groups in total. The van der Waals surface area contributed by atoms with Crippen LogP contribution >= 0.6 is 23.1 Å². The summed E-state index contributed by atoms with van der Waals surface area (Å²) in [5.41, 5.74) is 2.42. The van der Waals surface area contributed by atoms with E-state index in [1.54, 1.807) is 26.3 Å². The second-order valence-electron chi connectivity index (χ2n) is 4.55. The molecule has 8 heteroatoms. The Morgan fingerprint density at radius 3 is 3.09 bits per heavy atom. The number of thioether (sulfide) groups is 1. The van der Waals surface area contributed by atoms with Crippen LogP contribution in [0.1, 0.15) is 12.6 Å². The molecule has 0 aromatic carbocycles. The number of aromatic nitrogens is 3. The standard InChI is InChI=1S/C15H15N3O3S2/c1-3-21-15(19)18-13-9-22-8-12(13)17-14(18)23-7-10-6-11(20-2)4-5-16-10/h4-6,8-9H,3,7H2,1-2H3. The van der Waals surface area contributed by atoms with Crippen LogP contribution in [0.5, 0.6) is 5.75 Å². The molecule has 3 rings (SSSR count). The summed E-state index contributed by atoms with van der Waals surface area (Å²) < 4.78 is 11.8. The number of imidazole rings is 1. The van der Waals surface area contributed by atoms with E-state index in [4.69, 9.17) is 9.47 Å². The highest BCUT2D eigenvalue weighted by Crippen LogP contribution is 2.29. The van der Waals surface area contributed by atoms with Gasteiger partial charge in [-0.05, 0) is 13.0 Å². The Labute approximate surface area is 141 Å². The van der Waals surface area contributed by atoms with Crippen molar-refractivity contribution in [2.45, 2.75) is 17.8 Å². The van der Waals surface area contributed by atoms with Crippen molar-refractivity contribution in [1.29, 1.82) is 0 Å². The van der Waals surface area contributed by atoms with Crippen molar-refractivity contribution >= 4 is 40.2 Å². The molecule has 0 spiro atoms. The first-order valence-electron chi connectivity index (χ1n) is 6.96. The summed E-state index contributed by atoms with van der Waals surface area (Å²) in [7, 11) is 1.62. The Balaban J connectivity index is 1.85. The topological polar surface area (TPSA) is 66.2 Å². The van der Waals surface area contributed by atoms with Crippen molar-refractivity contribution in [2.24, 2.45) is 0 Å². The maximum Gasteiger partial charge on any atom is 0.420 e. The molecule has 0 saturated heterocycles. The third-order valence-corrected chi connectivity index (χ3v) is 4.78. The van der Waals surface area contributed by atoms with E-state index in [0.717, 1.165) is 22.5 Å². The second-order valence-corrected chi connectivity index (χ2v) is 6.23. The predicted octanol–water partition coefficient (Wildman–Crippen LogP) is 3.80. The van der Waals surface area contributed by atoms with Crippen molar-refractivity contribution in [3.8, 4) is 5.75 Å². The van der Waals surface area contributed by atoms with Crippen molar-refractivity contribution < 1.29 is 14.3 Å². The van der Waals surface area contributed by atoms with E-state index in [2.05, 4.69) is 9.97 Å². The molecule has 0 aliphatic carbocycles. The SMILES string of the molecule is CCOC(=O)n1c(SCc2cc(OC)ccn2)nc2cscc21. The highest BCUT2D eigenvalue weighted by molar-refractivity contribution is 7.98. The largest absolute Gasteiger partial charge is 0.497 e. The Morgan fingerprint density at radius 1 is 1.43 bits per heavy atom. The molecule has 6 nitrogen and oxygen atoms in total. The van der Waals surface area contributed by atoms with E-state index < -0.39 is 6.09 Å². The van der Waals surface area contributed by atoms with E-state index in [1.807, 2.05) is 16.8 Å². The van der Waals surface area contributed by atoms with Crippen molar-refractivity contribution in [1.82, 2.24) is 14.5 Å². The highest BCUT2D eigenvalue weighted by Gasteiger charge is 2.19. The first-order valence-corrected chi connectivity index (χ1v) is 8.89. The van der Waals surface area contributed by atoms with Gasteiger partial charge in [0.15, 0.2) is 5.16 Å². The number of carbonyl (C=O) groups excluding carboxylic acids is 1. The molecular weight excluding hydrogens is 334 g/mol. The van der Waals surface area contributed by atoms with Gasteiger partial charge in [0.05, 0.1) is 24.9 Å². The molecule has 0 radical (unpaired) electrons. The lowest BCUT2D eigenvalue weighted by molar-refractivity contribution is 0.152. The van der Waals surface area contributed by atoms with E-state index in [0.29, 0.717) is 17.5 Å². The van der Waals surface area contributed by atoms with Crippen LogP contribution in [0.2, 0.25) is 0 Å². The van der Waals surface area contributed by atoms with Crippen LogP contribution in [-0.4, -0.2) is 34.3 Å². The first-order chi connectivity index (χ1) is 11.2. The summed E-state index contributed by atoms with van der Waals surface area (Å²) >= 11 is 2.95. The van der Waals surface area contributed by atoms with Crippen molar-refractivity contribution in [2.75, 3.05) is 13.7 Å². The maximum absolute atomic E-state index is 12.2. The quantitative estimate of drug-likeness (QED) is 0.653. The molecule has 23 heavy (non-hydrogen) atoms. The van der Waals surface area contributed by atoms with Gasteiger partial charge < -0.3 is 9.47 Å². The third-order valence-electron chi connectivity index (χ3n) is 3.09. The van der Waals surface area contributed by atoms with Gasteiger partial charge in [0.25, 0.3) is 0 Å². The second kappa shape index (κ2) is 7.01. The minimum Gasteiger partial charge on any atom is -0.497 e. The van der Waals surface area contributed by atoms with Crippen LogP contribution in [-0.2, 0) is 10.5 Å². The number of carbonyl (C=O) groups is 1. The summed E-state index contributed by atoms with van der Waals surface area (Å²) in [6, 6.07) is 3.66. The summed E-state index contributed by atoms with van der Waals surface area (Å²) in [5, 5.41) is 4.41. The summed E-state index contributed by atoms with van der Waals surface area (Å²) in [6.45, 7) is 2.11. The molecule has 3 aromatic rings. The van der Waals surface area contributed by atoms with Gasteiger partial charge >= 0.3 is 6.09 Å². The lowest BCUT2D eigenvalue weighted by atomic mass is 10.3. The highest BCUT2D eigenvalue weighted by atomic mass is 32.2. The monoisotopic (exact) mass is 349 g/mol. The number of thiophene rings is 1. The smallest absolute Gasteiger partial charge is 0.420 e. The summed E-state index contributed by atoms with van der Waals surface area (Å²) in [6.07, 6.45) is 1.29. The lowest BCUT2D eigenvalue weighted by Gasteiger charge is -2.07. The van der Waals surface area contributed by atoms with Gasteiger partial charge in [-0.25, -0.2) is 14.3 Å². The maximum atomic E-state index is 12.2. The fourth-order valence-corrected chi connectivity index (χ4v) is 3.68. The van der Waals surface area contributed by atoms with E-state index in [1.165, 1.54) is 27.7 Å². The van der Waals surface area contributed by atoms with E-state index >= 15 is 0 Å². The van der Waals surface area contributed by atoms with Crippen LogP contribution < -0.4 is 4.74 Å². The van der Waals surface area contributed by atoms with Gasteiger partial charge in [-0.2, -0.15) is 0 Å². The molecule has 0 amide bonds. The van der Waals surface area contributed by atoms with Gasteiger partial charge in [-0.15, -0.1) is 11.3 Å². The number of methoxy groups -OCH3 is 1. The zero-order valence-corrected chi connectivity index (χ0v) is 14.3. The van der Waals surface area contributed by atoms with Crippen molar-refractivity contribution in [3.63, 3.8) is 0 Å². The Morgan fingerprint density at radius 2 is 2.30 bits per heavy atom. The number of ether oxygens (including phenoxy) is 2. The first kappa shape index (κ1) is 15.8. The Hall–Kier alpha value is -2.06. The fourth-order valence-electron chi connectivity index (χ4n) is 2.05. The number of hydrogen-bond donors (Lipinski definition) is 0. The minimum absolute atomic E-state index is 0.324. The van der Waals surface area contributed by atoms with Gasteiger partial charge in [0, 0.05) is 28.8 Å². The van der Waals surface area contributed by atoms with Crippen LogP contribution in [0.3, 0.4) is 0 Å². The zero-order valence-electron chi connectivity index (χ0n) is 12.7. The van der Waals surface area contributed by atoms with Gasteiger partial charge in [0.1, 0.15) is 11.3 Å². The third kappa shape index (κ3) is 3.32. The molecule has 0 bridgehead atoms. The molecule has 3 heterocycles. The number of pyridine rings is 1. The van der Waals surface area contributed by atoms with Crippen LogP contribution in [0.15, 0.2) is 34.2 Å². The van der Waals surface area contributed by atoms with Crippen molar-refractivity contribution in [3.05, 3.63) is 34.8 Å². The van der Waals surface area contributed by atoms with Gasteiger partial charge in [0.2, 0.25) is 0 Å². The number of fused-ring (bicyclic) bond motifs is 1. The zero-order chi connectivity index (χ0) is 16.2. The van der Waals surface area contributed by atoms with E-state index in [-0.39, 0.29) is 0 Å². The van der Waals surface area contributed by atoms with Crippen LogP contribution in [0.25, 0.3) is 11.0 Å². The molecular formula is C15H15N3O3S2. The Kier molecular flexibility index (Phi) is 4.82. The lowest BCUT2D eigenvalue weighted by Crippen LogP contribution is -2.14. The molecule has 0 fully saturated rings. The normalized spacial score (nSPS) is 10.9.